The van der Waals surface area contributed by atoms with Crippen molar-refractivity contribution in [2.45, 2.75) is 45.2 Å². The molecule has 0 spiro atoms. The smallest absolute Gasteiger partial charge is 0.243 e. The SMILES string of the molecule is CC1CC(F)=CC=C1[C@H]1C[C@@H](C(=O)NCc2cc(C(=N)N)cs2)N(C(=O)CNC(=O)CCCOc2ccccc2)C1. The molecule has 0 radical (unpaired) electrons. The number of amides is 3. The van der Waals surface area contributed by atoms with Crippen LogP contribution < -0.4 is 21.1 Å². The highest BCUT2D eigenvalue weighted by Crippen LogP contribution is 2.37. The van der Waals surface area contributed by atoms with Crippen LogP contribution in [0.4, 0.5) is 4.39 Å². The molecule has 2 heterocycles. The lowest BCUT2D eigenvalue weighted by molar-refractivity contribution is -0.138. The Balaban J connectivity index is 1.34. The normalized spacial score (nSPS) is 20.1. The molecule has 0 bridgehead atoms. The van der Waals surface area contributed by atoms with Gasteiger partial charge < -0.3 is 26.0 Å². The van der Waals surface area contributed by atoms with Crippen LogP contribution >= 0.6 is 11.3 Å². The van der Waals surface area contributed by atoms with Gasteiger partial charge in [-0.15, -0.1) is 11.3 Å². The molecular formula is C30H36FN5O4S. The van der Waals surface area contributed by atoms with Crippen molar-refractivity contribution in [2.75, 3.05) is 19.7 Å². The predicted octanol–water partition coefficient (Wildman–Crippen LogP) is 3.66. The van der Waals surface area contributed by atoms with Crippen molar-refractivity contribution in [3.63, 3.8) is 0 Å². The van der Waals surface area contributed by atoms with Crippen LogP contribution in [0.5, 0.6) is 5.75 Å². The Kier molecular flexibility index (Phi) is 10.3. The van der Waals surface area contributed by atoms with Crippen LogP contribution in [-0.2, 0) is 20.9 Å². The summed E-state index contributed by atoms with van der Waals surface area (Å²) in [7, 11) is 0. The Morgan fingerprint density at radius 3 is 2.68 bits per heavy atom. The highest BCUT2D eigenvalue weighted by Gasteiger charge is 2.41. The number of ether oxygens (including phenoxy) is 1. The van der Waals surface area contributed by atoms with Gasteiger partial charge in [-0.25, -0.2) is 4.39 Å². The topological polar surface area (TPSA) is 138 Å². The van der Waals surface area contributed by atoms with Gasteiger partial charge in [0, 0.05) is 41.1 Å². The molecule has 4 rings (SSSR count). The molecule has 5 N–H and O–H groups in total. The number of thiophene rings is 1. The van der Waals surface area contributed by atoms with Gasteiger partial charge in [-0.05, 0) is 43.0 Å². The molecule has 1 aliphatic carbocycles. The lowest BCUT2D eigenvalue weighted by atomic mass is 9.82. The standard InChI is InChI=1S/C30H36FN5O4S/c1-19-12-22(31)9-10-25(19)20-14-26(30(39)35-15-24-13-21(18-41-24)29(32)33)36(17-20)28(38)16-34-27(37)8-5-11-40-23-6-3-2-4-7-23/h2-4,6-7,9-10,13,18-20,26H,5,8,11-12,14-17H2,1H3,(H3,32,33)(H,34,37)(H,35,39)/t19?,20-,26-/m0/s1. The van der Waals surface area contributed by atoms with Crippen LogP contribution in [0, 0.1) is 17.2 Å². The summed E-state index contributed by atoms with van der Waals surface area (Å²) in [5.74, 6) is -0.524. The van der Waals surface area contributed by atoms with E-state index in [1.54, 1.807) is 17.5 Å². The average molecular weight is 582 g/mol. The number of nitrogen functional groups attached to an aromatic ring is 1. The molecular weight excluding hydrogens is 545 g/mol. The van der Waals surface area contributed by atoms with Crippen LogP contribution in [0.25, 0.3) is 0 Å². The Morgan fingerprint density at radius 2 is 1.98 bits per heavy atom. The van der Waals surface area contributed by atoms with Gasteiger partial charge in [0.25, 0.3) is 0 Å². The zero-order chi connectivity index (χ0) is 29.4. The second-order valence-corrected chi connectivity index (χ2v) is 11.4. The van der Waals surface area contributed by atoms with Crippen molar-refractivity contribution in [3.05, 3.63) is 75.8 Å². The number of hydrogen-bond acceptors (Lipinski definition) is 6. The zero-order valence-corrected chi connectivity index (χ0v) is 23.8. The zero-order valence-electron chi connectivity index (χ0n) is 23.0. The molecule has 2 aliphatic rings. The number of amidine groups is 1. The lowest BCUT2D eigenvalue weighted by Gasteiger charge is -2.25. The Labute approximate surface area is 243 Å². The molecule has 1 saturated heterocycles. The van der Waals surface area contributed by atoms with E-state index < -0.39 is 6.04 Å². The van der Waals surface area contributed by atoms with Gasteiger partial charge in [-0.2, -0.15) is 0 Å². The molecule has 41 heavy (non-hydrogen) atoms. The van der Waals surface area contributed by atoms with Crippen molar-refractivity contribution in [2.24, 2.45) is 17.6 Å². The fourth-order valence-electron chi connectivity index (χ4n) is 5.18. The van der Waals surface area contributed by atoms with E-state index in [9.17, 15) is 18.8 Å². The van der Waals surface area contributed by atoms with Crippen molar-refractivity contribution in [1.82, 2.24) is 15.5 Å². The highest BCUT2D eigenvalue weighted by molar-refractivity contribution is 7.10. The summed E-state index contributed by atoms with van der Waals surface area (Å²) in [6, 6.07) is 10.4. The molecule has 1 aromatic carbocycles. The second-order valence-electron chi connectivity index (χ2n) is 10.4. The fraction of sp³-hybridized carbons (Fsp3) is 0.400. The predicted molar refractivity (Wildman–Crippen MR) is 156 cm³/mol. The summed E-state index contributed by atoms with van der Waals surface area (Å²) >= 11 is 1.39. The van der Waals surface area contributed by atoms with E-state index >= 15 is 0 Å². The Hall–Kier alpha value is -3.99. The van der Waals surface area contributed by atoms with Gasteiger partial charge in [0.05, 0.1) is 19.7 Å². The third kappa shape index (κ3) is 8.26. The first kappa shape index (κ1) is 30.0. The first-order valence-corrected chi connectivity index (χ1v) is 14.6. The quantitative estimate of drug-likeness (QED) is 0.172. The summed E-state index contributed by atoms with van der Waals surface area (Å²) in [6.45, 7) is 2.67. The number of likely N-dealkylation sites (tertiary alicyclic amines) is 1. The van der Waals surface area contributed by atoms with Crippen molar-refractivity contribution in [1.29, 1.82) is 5.41 Å². The average Bonchev–Trinajstić information content (AvgIpc) is 3.62. The van der Waals surface area contributed by atoms with E-state index in [0.717, 1.165) is 16.2 Å². The van der Waals surface area contributed by atoms with Crippen LogP contribution in [0.1, 0.15) is 43.0 Å². The molecule has 0 saturated carbocycles. The maximum Gasteiger partial charge on any atom is 0.243 e. The minimum atomic E-state index is -0.722. The van der Waals surface area contributed by atoms with Crippen LogP contribution in [0.15, 0.2) is 65.3 Å². The largest absolute Gasteiger partial charge is 0.494 e. The van der Waals surface area contributed by atoms with Gasteiger partial charge in [0.1, 0.15) is 23.5 Å². The van der Waals surface area contributed by atoms with Gasteiger partial charge >= 0.3 is 0 Å². The first-order valence-electron chi connectivity index (χ1n) is 13.7. The third-order valence-corrected chi connectivity index (χ3v) is 8.26. The number of carbonyl (C=O) groups is 3. The van der Waals surface area contributed by atoms with E-state index in [0.29, 0.717) is 38.0 Å². The number of nitrogens with two attached hydrogens (primary N) is 1. The maximum atomic E-state index is 13.8. The van der Waals surface area contributed by atoms with Gasteiger partial charge in [0.2, 0.25) is 17.7 Å². The van der Waals surface area contributed by atoms with Gasteiger partial charge in [-0.3, -0.25) is 19.8 Å². The molecule has 1 unspecified atom stereocenters. The number of carbonyl (C=O) groups excluding carboxylic acids is 3. The summed E-state index contributed by atoms with van der Waals surface area (Å²) in [5, 5.41) is 14.9. The molecule has 3 amide bonds. The number of allylic oxidation sites excluding steroid dienone is 3. The van der Waals surface area contributed by atoms with Crippen molar-refractivity contribution in [3.8, 4) is 5.75 Å². The number of benzene rings is 1. The number of nitrogens with one attached hydrogen (secondary N) is 3. The minimum Gasteiger partial charge on any atom is -0.494 e. The van der Waals surface area contributed by atoms with Crippen LogP contribution in [0.2, 0.25) is 0 Å². The molecule has 11 heteroatoms. The van der Waals surface area contributed by atoms with E-state index in [4.69, 9.17) is 15.9 Å². The van der Waals surface area contributed by atoms with Crippen molar-refractivity contribution >= 4 is 34.9 Å². The number of para-hydroxylation sites is 1. The molecule has 9 nitrogen and oxygen atoms in total. The summed E-state index contributed by atoms with van der Waals surface area (Å²) in [5.41, 5.74) is 7.15. The summed E-state index contributed by atoms with van der Waals surface area (Å²) < 4.78 is 19.4. The van der Waals surface area contributed by atoms with E-state index in [-0.39, 0.29) is 60.7 Å². The number of nitrogens with zero attached hydrogens (tertiary/aromatic N) is 1. The van der Waals surface area contributed by atoms with Gasteiger partial charge in [-0.1, -0.05) is 36.8 Å². The number of halogens is 1. The van der Waals surface area contributed by atoms with E-state index in [1.807, 2.05) is 37.3 Å². The van der Waals surface area contributed by atoms with Crippen LogP contribution in [0.3, 0.4) is 0 Å². The molecule has 1 fully saturated rings. The second kappa shape index (κ2) is 14.1. The van der Waals surface area contributed by atoms with Crippen LogP contribution in [-0.4, -0.2) is 54.2 Å². The maximum absolute atomic E-state index is 13.8. The van der Waals surface area contributed by atoms with E-state index in [2.05, 4.69) is 10.6 Å². The Bertz CT molecular complexity index is 1330. The molecule has 1 aliphatic heterocycles. The molecule has 1 aromatic heterocycles. The number of hydrogen-bond donors (Lipinski definition) is 4. The fourth-order valence-corrected chi connectivity index (χ4v) is 6.00. The number of rotatable bonds is 12. The molecule has 2 aromatic rings. The third-order valence-electron chi connectivity index (χ3n) is 7.32. The highest BCUT2D eigenvalue weighted by atomic mass is 32.1. The summed E-state index contributed by atoms with van der Waals surface area (Å²) in [4.78, 5) is 41.3. The minimum absolute atomic E-state index is 0.0299. The molecule has 3 atom stereocenters. The Morgan fingerprint density at radius 1 is 1.20 bits per heavy atom. The van der Waals surface area contributed by atoms with Gasteiger partial charge in [0.15, 0.2) is 0 Å². The first-order chi connectivity index (χ1) is 19.7. The van der Waals surface area contributed by atoms with E-state index in [1.165, 1.54) is 22.3 Å². The summed E-state index contributed by atoms with van der Waals surface area (Å²) in [6.07, 6.45) is 4.64. The monoisotopic (exact) mass is 581 g/mol. The lowest BCUT2D eigenvalue weighted by Crippen LogP contribution is -2.48. The molecule has 218 valence electrons. The van der Waals surface area contributed by atoms with Crippen molar-refractivity contribution < 1.29 is 23.5 Å².